The number of anilines is 1. The van der Waals surface area contributed by atoms with E-state index >= 15 is 0 Å². The van der Waals surface area contributed by atoms with Crippen LogP contribution in [0.15, 0.2) is 18.2 Å². The molecule has 0 amide bonds. The molecule has 2 nitrogen and oxygen atoms in total. The van der Waals surface area contributed by atoms with Crippen molar-refractivity contribution in [3.05, 3.63) is 29.3 Å². The van der Waals surface area contributed by atoms with Gasteiger partial charge in [0.2, 0.25) is 0 Å². The van der Waals surface area contributed by atoms with Crippen molar-refractivity contribution in [1.82, 2.24) is 0 Å². The normalized spacial score (nSPS) is 26.7. The number of benzene rings is 1. The molecule has 0 saturated heterocycles. The summed E-state index contributed by atoms with van der Waals surface area (Å²) in [5, 5.41) is 0. The van der Waals surface area contributed by atoms with E-state index in [0.29, 0.717) is 12.0 Å². The van der Waals surface area contributed by atoms with Crippen LogP contribution in [0.5, 0.6) is 0 Å². The zero-order valence-electron chi connectivity index (χ0n) is 8.66. The molecule has 1 aromatic carbocycles. The highest BCUT2D eigenvalue weighted by Crippen LogP contribution is 2.34. The Bertz CT molecular complexity index is 333. The lowest BCUT2D eigenvalue weighted by Gasteiger charge is -2.11. The lowest BCUT2D eigenvalue weighted by atomic mass is 9.96. The van der Waals surface area contributed by atoms with Gasteiger partial charge in [-0.25, -0.2) is 0 Å². The van der Waals surface area contributed by atoms with Gasteiger partial charge < -0.3 is 11.5 Å². The van der Waals surface area contributed by atoms with E-state index in [1.54, 1.807) is 0 Å². The van der Waals surface area contributed by atoms with Crippen molar-refractivity contribution < 1.29 is 0 Å². The lowest BCUT2D eigenvalue weighted by Crippen LogP contribution is -2.14. The van der Waals surface area contributed by atoms with Gasteiger partial charge in [-0.1, -0.05) is 12.1 Å². The Kier molecular flexibility index (Phi) is 2.46. The van der Waals surface area contributed by atoms with E-state index in [4.69, 9.17) is 11.5 Å². The molecule has 0 bridgehead atoms. The maximum atomic E-state index is 5.90. The predicted octanol–water partition coefficient (Wildman–Crippen LogP) is 2.17. The zero-order chi connectivity index (χ0) is 10.1. The molecule has 1 aliphatic rings. The average molecular weight is 190 g/mol. The molecule has 76 valence electrons. The molecule has 4 N–H and O–H groups in total. The van der Waals surface area contributed by atoms with Crippen molar-refractivity contribution in [2.45, 2.75) is 38.1 Å². The summed E-state index contributed by atoms with van der Waals surface area (Å²) in [6.45, 7) is 2.04. The second-order valence-electron chi connectivity index (χ2n) is 4.39. The van der Waals surface area contributed by atoms with E-state index < -0.39 is 0 Å². The molecule has 1 aromatic rings. The van der Waals surface area contributed by atoms with Gasteiger partial charge in [0, 0.05) is 11.7 Å². The van der Waals surface area contributed by atoms with Crippen LogP contribution < -0.4 is 11.5 Å². The number of aryl methyl sites for hydroxylation is 1. The minimum Gasteiger partial charge on any atom is -0.399 e. The summed E-state index contributed by atoms with van der Waals surface area (Å²) in [6, 6.07) is 6.79. The van der Waals surface area contributed by atoms with E-state index in [1.807, 2.05) is 6.92 Å². The topological polar surface area (TPSA) is 52.0 Å². The summed E-state index contributed by atoms with van der Waals surface area (Å²) in [7, 11) is 0. The lowest BCUT2D eigenvalue weighted by molar-refractivity contribution is 0.675. The highest BCUT2D eigenvalue weighted by Gasteiger charge is 2.23. The molecule has 1 fully saturated rings. The van der Waals surface area contributed by atoms with Crippen LogP contribution in [0, 0.1) is 6.92 Å². The molecule has 0 spiro atoms. The monoisotopic (exact) mass is 190 g/mol. The van der Waals surface area contributed by atoms with Crippen LogP contribution in [0.1, 0.15) is 36.3 Å². The third-order valence-electron chi connectivity index (χ3n) is 3.25. The quantitative estimate of drug-likeness (QED) is 0.667. The van der Waals surface area contributed by atoms with Gasteiger partial charge in [0.25, 0.3) is 0 Å². The maximum absolute atomic E-state index is 5.90. The first-order chi connectivity index (χ1) is 6.66. The highest BCUT2D eigenvalue weighted by molar-refractivity contribution is 5.49. The summed E-state index contributed by atoms with van der Waals surface area (Å²) >= 11 is 0. The van der Waals surface area contributed by atoms with Crippen molar-refractivity contribution in [3.63, 3.8) is 0 Å². The fourth-order valence-electron chi connectivity index (χ4n) is 2.23. The third kappa shape index (κ3) is 1.75. The number of hydrogen-bond donors (Lipinski definition) is 2. The molecule has 0 aliphatic heterocycles. The number of hydrogen-bond acceptors (Lipinski definition) is 2. The van der Waals surface area contributed by atoms with Crippen molar-refractivity contribution in [1.29, 1.82) is 0 Å². The van der Waals surface area contributed by atoms with Crippen LogP contribution in [-0.2, 0) is 0 Å². The molecular formula is C12H18N2. The number of rotatable bonds is 1. The molecule has 0 heterocycles. The fourth-order valence-corrected chi connectivity index (χ4v) is 2.23. The molecular weight excluding hydrogens is 172 g/mol. The second kappa shape index (κ2) is 3.62. The molecule has 0 radical (unpaired) electrons. The van der Waals surface area contributed by atoms with Crippen LogP contribution in [0.3, 0.4) is 0 Å². The van der Waals surface area contributed by atoms with Crippen LogP contribution in [-0.4, -0.2) is 6.04 Å². The summed E-state index contributed by atoms with van der Waals surface area (Å²) in [4.78, 5) is 0. The van der Waals surface area contributed by atoms with Crippen molar-refractivity contribution in [2.24, 2.45) is 5.73 Å². The molecule has 0 aromatic heterocycles. The summed E-state index contributed by atoms with van der Waals surface area (Å²) in [5.74, 6) is 0.632. The Hall–Kier alpha value is -1.02. The van der Waals surface area contributed by atoms with Gasteiger partial charge in [-0.15, -0.1) is 0 Å². The summed E-state index contributed by atoms with van der Waals surface area (Å²) < 4.78 is 0. The summed E-state index contributed by atoms with van der Waals surface area (Å²) in [5.41, 5.74) is 15.2. The Labute approximate surface area is 85.3 Å². The van der Waals surface area contributed by atoms with Crippen LogP contribution >= 0.6 is 0 Å². The average Bonchev–Trinajstić information content (AvgIpc) is 2.57. The first-order valence-electron chi connectivity index (χ1n) is 5.28. The largest absolute Gasteiger partial charge is 0.399 e. The van der Waals surface area contributed by atoms with Gasteiger partial charge in [-0.05, 0) is 49.3 Å². The first-order valence-corrected chi connectivity index (χ1v) is 5.28. The van der Waals surface area contributed by atoms with E-state index in [9.17, 15) is 0 Å². The van der Waals surface area contributed by atoms with E-state index in [0.717, 1.165) is 24.1 Å². The molecule has 1 saturated carbocycles. The fraction of sp³-hybridized carbons (Fsp3) is 0.500. The van der Waals surface area contributed by atoms with Gasteiger partial charge in [0.1, 0.15) is 0 Å². The summed E-state index contributed by atoms with van der Waals surface area (Å²) in [6.07, 6.45) is 3.48. The zero-order valence-corrected chi connectivity index (χ0v) is 8.66. The molecule has 2 atom stereocenters. The van der Waals surface area contributed by atoms with E-state index in [1.165, 1.54) is 12.0 Å². The molecule has 1 aliphatic carbocycles. The third-order valence-corrected chi connectivity index (χ3v) is 3.25. The predicted molar refractivity (Wildman–Crippen MR) is 60.2 cm³/mol. The first kappa shape index (κ1) is 9.53. The SMILES string of the molecule is Cc1ccc(C2CCC(N)C2)cc1N. The van der Waals surface area contributed by atoms with Crippen molar-refractivity contribution in [3.8, 4) is 0 Å². The van der Waals surface area contributed by atoms with Gasteiger partial charge in [0.05, 0.1) is 0 Å². The van der Waals surface area contributed by atoms with Crippen molar-refractivity contribution >= 4 is 5.69 Å². The minimum absolute atomic E-state index is 0.391. The molecule has 2 rings (SSSR count). The van der Waals surface area contributed by atoms with Gasteiger partial charge in [0.15, 0.2) is 0 Å². The number of nitrogens with two attached hydrogens (primary N) is 2. The van der Waals surface area contributed by atoms with Gasteiger partial charge in [-0.2, -0.15) is 0 Å². The Balaban J connectivity index is 2.20. The second-order valence-corrected chi connectivity index (χ2v) is 4.39. The van der Waals surface area contributed by atoms with Crippen LogP contribution in [0.4, 0.5) is 5.69 Å². The number of nitrogen functional groups attached to an aromatic ring is 1. The van der Waals surface area contributed by atoms with Crippen LogP contribution in [0.25, 0.3) is 0 Å². The van der Waals surface area contributed by atoms with Gasteiger partial charge in [-0.3, -0.25) is 0 Å². The van der Waals surface area contributed by atoms with E-state index in [-0.39, 0.29) is 0 Å². The van der Waals surface area contributed by atoms with E-state index in [2.05, 4.69) is 18.2 Å². The minimum atomic E-state index is 0.391. The standard InChI is InChI=1S/C12H18N2/c1-8-2-3-10(7-12(8)14)9-4-5-11(13)6-9/h2-3,7,9,11H,4-6,13-14H2,1H3. The molecule has 14 heavy (non-hydrogen) atoms. The Morgan fingerprint density at radius 2 is 2.07 bits per heavy atom. The smallest absolute Gasteiger partial charge is 0.0346 e. The van der Waals surface area contributed by atoms with Crippen molar-refractivity contribution in [2.75, 3.05) is 5.73 Å². The van der Waals surface area contributed by atoms with Gasteiger partial charge >= 0.3 is 0 Å². The maximum Gasteiger partial charge on any atom is 0.0346 e. The van der Waals surface area contributed by atoms with Crippen LogP contribution in [0.2, 0.25) is 0 Å². The Morgan fingerprint density at radius 3 is 2.64 bits per heavy atom. The molecule has 2 unspecified atom stereocenters. The Morgan fingerprint density at radius 1 is 1.29 bits per heavy atom. The molecule has 2 heteroatoms. The highest BCUT2D eigenvalue weighted by atomic mass is 14.6.